The first-order valence-corrected chi connectivity index (χ1v) is 6.97. The number of hydrogen-bond acceptors (Lipinski definition) is 2. The Morgan fingerprint density at radius 3 is 2.58 bits per heavy atom. The summed E-state index contributed by atoms with van der Waals surface area (Å²) in [6.07, 6.45) is 3.54. The molecule has 2 N–H and O–H groups in total. The predicted molar refractivity (Wildman–Crippen MR) is 79.4 cm³/mol. The van der Waals surface area contributed by atoms with E-state index in [4.69, 9.17) is 17.3 Å². The molecule has 0 aliphatic rings. The van der Waals surface area contributed by atoms with Gasteiger partial charge in [0, 0.05) is 29.7 Å². The molecule has 3 nitrogen and oxygen atoms in total. The molecule has 2 rings (SSSR count). The molecule has 102 valence electrons. The molecule has 19 heavy (non-hydrogen) atoms. The lowest BCUT2D eigenvalue weighted by Crippen LogP contribution is -2.26. The zero-order valence-electron chi connectivity index (χ0n) is 11.4. The van der Waals surface area contributed by atoms with Crippen LogP contribution >= 0.6 is 11.6 Å². The summed E-state index contributed by atoms with van der Waals surface area (Å²) >= 11 is 6.14. The van der Waals surface area contributed by atoms with Crippen LogP contribution < -0.4 is 5.73 Å². The second-order valence-electron chi connectivity index (χ2n) is 5.14. The zero-order valence-corrected chi connectivity index (χ0v) is 12.1. The molecule has 4 heteroatoms. The number of halogens is 1. The molecule has 1 aromatic heterocycles. The molecule has 1 atom stereocenters. The monoisotopic (exact) mass is 277 g/mol. The fourth-order valence-corrected chi connectivity index (χ4v) is 2.27. The normalized spacial score (nSPS) is 12.9. The molecule has 0 aliphatic heterocycles. The van der Waals surface area contributed by atoms with E-state index >= 15 is 0 Å². The van der Waals surface area contributed by atoms with Gasteiger partial charge in [-0.25, -0.2) is 0 Å². The maximum Gasteiger partial charge on any atom is 0.0640 e. The molecule has 0 saturated heterocycles. The average Bonchev–Trinajstić information content (AvgIpc) is 2.80. The van der Waals surface area contributed by atoms with E-state index in [0.29, 0.717) is 6.04 Å². The van der Waals surface area contributed by atoms with Crippen LogP contribution in [0.1, 0.15) is 31.1 Å². The van der Waals surface area contributed by atoms with E-state index in [1.807, 2.05) is 41.2 Å². The molecule has 1 heterocycles. The second kappa shape index (κ2) is 6.22. The number of rotatable bonds is 5. The van der Waals surface area contributed by atoms with Gasteiger partial charge in [0.05, 0.1) is 5.69 Å². The van der Waals surface area contributed by atoms with Crippen molar-refractivity contribution >= 4 is 11.6 Å². The van der Waals surface area contributed by atoms with Gasteiger partial charge in [-0.05, 0) is 38.0 Å². The van der Waals surface area contributed by atoms with E-state index in [-0.39, 0.29) is 6.04 Å². The summed E-state index contributed by atoms with van der Waals surface area (Å²) in [5.74, 6) is 0. The maximum absolute atomic E-state index is 6.18. The van der Waals surface area contributed by atoms with Gasteiger partial charge in [0.25, 0.3) is 0 Å². The van der Waals surface area contributed by atoms with Crippen LogP contribution in [0.15, 0.2) is 36.5 Å². The lowest BCUT2D eigenvalue weighted by molar-refractivity contribution is 0.521. The summed E-state index contributed by atoms with van der Waals surface area (Å²) in [6, 6.07) is 10.3. The second-order valence-corrected chi connectivity index (χ2v) is 5.55. The quantitative estimate of drug-likeness (QED) is 0.912. The Bertz CT molecular complexity index is 534. The largest absolute Gasteiger partial charge is 0.327 e. The Kier molecular flexibility index (Phi) is 4.61. The molecule has 0 radical (unpaired) electrons. The van der Waals surface area contributed by atoms with E-state index in [1.165, 1.54) is 0 Å². The van der Waals surface area contributed by atoms with Gasteiger partial charge in [-0.2, -0.15) is 5.10 Å². The highest BCUT2D eigenvalue weighted by Crippen LogP contribution is 2.17. The van der Waals surface area contributed by atoms with Crippen molar-refractivity contribution in [1.29, 1.82) is 0 Å². The summed E-state index contributed by atoms with van der Waals surface area (Å²) in [4.78, 5) is 0. The van der Waals surface area contributed by atoms with Gasteiger partial charge in [-0.3, -0.25) is 4.68 Å². The number of nitrogens with zero attached hydrogens (tertiary/aromatic N) is 2. The van der Waals surface area contributed by atoms with E-state index in [9.17, 15) is 0 Å². The van der Waals surface area contributed by atoms with Crippen molar-refractivity contribution in [2.75, 3.05) is 0 Å². The number of aromatic nitrogens is 2. The van der Waals surface area contributed by atoms with Crippen LogP contribution in [0.3, 0.4) is 0 Å². The van der Waals surface area contributed by atoms with Gasteiger partial charge in [-0.15, -0.1) is 0 Å². The highest BCUT2D eigenvalue weighted by molar-refractivity contribution is 6.31. The fourth-order valence-electron chi connectivity index (χ4n) is 2.06. The van der Waals surface area contributed by atoms with Gasteiger partial charge in [0.1, 0.15) is 0 Å². The van der Waals surface area contributed by atoms with Gasteiger partial charge in [-0.1, -0.05) is 29.8 Å². The first-order chi connectivity index (χ1) is 9.06. The van der Waals surface area contributed by atoms with Crippen LogP contribution in [-0.2, 0) is 12.8 Å². The summed E-state index contributed by atoms with van der Waals surface area (Å²) in [7, 11) is 0. The SMILES string of the molecule is CC(C)n1ccc(CC(N)Cc2ccccc2Cl)n1. The molecule has 0 saturated carbocycles. The lowest BCUT2D eigenvalue weighted by atomic mass is 10.0. The van der Waals surface area contributed by atoms with Gasteiger partial charge < -0.3 is 5.73 Å². The minimum atomic E-state index is 0.0374. The molecule has 0 spiro atoms. The first kappa shape index (κ1) is 14.1. The molecular weight excluding hydrogens is 258 g/mol. The van der Waals surface area contributed by atoms with Gasteiger partial charge >= 0.3 is 0 Å². The Labute approximate surface area is 119 Å². The molecule has 0 amide bonds. The van der Waals surface area contributed by atoms with Crippen molar-refractivity contribution in [3.8, 4) is 0 Å². The highest BCUT2D eigenvalue weighted by atomic mass is 35.5. The smallest absolute Gasteiger partial charge is 0.0640 e. The summed E-state index contributed by atoms with van der Waals surface area (Å²) in [5.41, 5.74) is 8.32. The number of benzene rings is 1. The standard InChI is InChI=1S/C15H20ClN3/c1-11(2)19-8-7-14(18-19)10-13(17)9-12-5-3-4-6-15(12)16/h3-8,11,13H,9-10,17H2,1-2H3. The van der Waals surface area contributed by atoms with Crippen molar-refractivity contribution in [3.63, 3.8) is 0 Å². The highest BCUT2D eigenvalue weighted by Gasteiger charge is 2.10. The van der Waals surface area contributed by atoms with Gasteiger partial charge in [0.2, 0.25) is 0 Å². The predicted octanol–water partition coefficient (Wildman–Crippen LogP) is 3.23. The summed E-state index contributed by atoms with van der Waals surface area (Å²) < 4.78 is 1.96. The minimum Gasteiger partial charge on any atom is -0.327 e. The van der Waals surface area contributed by atoms with Crippen LogP contribution in [0.4, 0.5) is 0 Å². The van der Waals surface area contributed by atoms with Crippen molar-refractivity contribution in [3.05, 3.63) is 52.8 Å². The Morgan fingerprint density at radius 2 is 1.95 bits per heavy atom. The minimum absolute atomic E-state index is 0.0374. The van der Waals surface area contributed by atoms with Crippen LogP contribution in [-0.4, -0.2) is 15.8 Å². The fraction of sp³-hybridized carbons (Fsp3) is 0.400. The Balaban J connectivity index is 1.97. The molecule has 0 fully saturated rings. The molecule has 1 unspecified atom stereocenters. The van der Waals surface area contributed by atoms with Gasteiger partial charge in [0.15, 0.2) is 0 Å². The summed E-state index contributed by atoms with van der Waals surface area (Å²) in [6.45, 7) is 4.22. The molecule has 2 aromatic rings. The molecular formula is C15H20ClN3. The lowest BCUT2D eigenvalue weighted by Gasteiger charge is -2.11. The Hall–Kier alpha value is -1.32. The van der Waals surface area contributed by atoms with Crippen LogP contribution in [0.2, 0.25) is 5.02 Å². The third kappa shape index (κ3) is 3.82. The van der Waals surface area contributed by atoms with E-state index in [2.05, 4.69) is 18.9 Å². The van der Waals surface area contributed by atoms with Crippen molar-refractivity contribution < 1.29 is 0 Å². The van der Waals surface area contributed by atoms with Crippen LogP contribution in [0.5, 0.6) is 0 Å². The van der Waals surface area contributed by atoms with E-state index in [0.717, 1.165) is 29.1 Å². The molecule has 0 aliphatic carbocycles. The average molecular weight is 278 g/mol. The Morgan fingerprint density at radius 1 is 1.21 bits per heavy atom. The molecule has 0 bridgehead atoms. The first-order valence-electron chi connectivity index (χ1n) is 6.59. The van der Waals surface area contributed by atoms with Crippen LogP contribution in [0, 0.1) is 0 Å². The van der Waals surface area contributed by atoms with Crippen molar-refractivity contribution in [2.24, 2.45) is 5.73 Å². The molecule has 1 aromatic carbocycles. The van der Waals surface area contributed by atoms with Crippen LogP contribution in [0.25, 0.3) is 0 Å². The third-order valence-corrected chi connectivity index (χ3v) is 3.47. The van der Waals surface area contributed by atoms with Crippen molar-refractivity contribution in [2.45, 2.75) is 38.8 Å². The maximum atomic E-state index is 6.18. The topological polar surface area (TPSA) is 43.8 Å². The number of hydrogen-bond donors (Lipinski definition) is 1. The van der Waals surface area contributed by atoms with E-state index in [1.54, 1.807) is 0 Å². The van der Waals surface area contributed by atoms with E-state index < -0.39 is 0 Å². The van der Waals surface area contributed by atoms with Crippen molar-refractivity contribution in [1.82, 2.24) is 9.78 Å². The third-order valence-electron chi connectivity index (χ3n) is 3.10. The zero-order chi connectivity index (χ0) is 13.8. The number of nitrogens with two attached hydrogens (primary N) is 1. The summed E-state index contributed by atoms with van der Waals surface area (Å²) in [5, 5.41) is 5.30.